The number of urea groups is 1. The third kappa shape index (κ3) is 7.07. The highest BCUT2D eigenvalue weighted by Gasteiger charge is 2.28. The van der Waals surface area contributed by atoms with Crippen LogP contribution in [0.25, 0.3) is 22.3 Å². The molecule has 0 bridgehead atoms. The molecule has 2 fully saturated rings. The Morgan fingerprint density at radius 2 is 1.57 bits per heavy atom. The maximum Gasteiger partial charge on any atom is 0.321 e. The van der Waals surface area contributed by atoms with Crippen molar-refractivity contribution in [3.05, 3.63) is 102 Å². The van der Waals surface area contributed by atoms with E-state index in [1.54, 1.807) is 17.2 Å². The number of aliphatic hydroxyl groups is 1. The molecule has 3 heterocycles. The van der Waals surface area contributed by atoms with Gasteiger partial charge in [0.1, 0.15) is 5.82 Å². The number of nitrogen functional groups attached to an aromatic ring is 1. The van der Waals surface area contributed by atoms with Gasteiger partial charge in [0.05, 0.1) is 11.7 Å². The zero-order chi connectivity index (χ0) is 30.5. The van der Waals surface area contributed by atoms with Crippen molar-refractivity contribution >= 4 is 23.4 Å². The number of hydrogen-bond donors (Lipinski definition) is 4. The first-order valence-corrected chi connectivity index (χ1v) is 15.2. The number of likely N-dealkylation sites (tertiary alicyclic amines) is 2. The second-order valence-corrected chi connectivity index (χ2v) is 11.6. The average Bonchev–Trinajstić information content (AvgIpc) is 3.52. The molecule has 0 unspecified atom stereocenters. The van der Waals surface area contributed by atoms with E-state index in [9.17, 15) is 14.7 Å². The van der Waals surface area contributed by atoms with Crippen LogP contribution in [0.2, 0.25) is 0 Å². The van der Waals surface area contributed by atoms with Gasteiger partial charge in [0.2, 0.25) is 0 Å². The minimum Gasteiger partial charge on any atom is -0.393 e. The molecule has 2 aliphatic heterocycles. The summed E-state index contributed by atoms with van der Waals surface area (Å²) in [4.78, 5) is 34.7. The highest BCUT2D eigenvalue weighted by atomic mass is 16.3. The molecule has 4 aromatic rings. The van der Waals surface area contributed by atoms with Crippen molar-refractivity contribution in [2.75, 3.05) is 37.2 Å². The Bertz CT molecular complexity index is 1600. The van der Waals surface area contributed by atoms with Crippen molar-refractivity contribution in [3.63, 3.8) is 0 Å². The normalized spacial score (nSPS) is 17.4. The van der Waals surface area contributed by atoms with Gasteiger partial charge in [0.25, 0.3) is 5.91 Å². The predicted octanol–water partition coefficient (Wildman–Crippen LogP) is 4.99. The van der Waals surface area contributed by atoms with E-state index < -0.39 is 0 Å². The molecule has 6 rings (SSSR count). The highest BCUT2D eigenvalue weighted by Crippen LogP contribution is 2.25. The zero-order valence-electron chi connectivity index (χ0n) is 24.7. The summed E-state index contributed by atoms with van der Waals surface area (Å²) < 4.78 is 0. The summed E-state index contributed by atoms with van der Waals surface area (Å²) in [5.41, 5.74) is 12.2. The summed E-state index contributed by atoms with van der Waals surface area (Å²) in [6.07, 6.45) is 3.78. The van der Waals surface area contributed by atoms with E-state index in [1.165, 1.54) is 5.56 Å². The standard InChI is InChI=1S/C35H38N6O3/c36-33-32(20-28(21-37-33)26-11-9-24(10-12-26)22-40-16-14-31(42)15-17-40)34(43)38-30-13-18-41(23-30)35(44)39-29-8-4-7-27(19-29)25-5-2-1-3-6-25/h1-12,19-21,30-31,42H,13-18,22-23H2,(H2,36,37)(H,38,43)(H,39,44)/t30-/m1/s1. The minimum absolute atomic E-state index is 0.168. The van der Waals surface area contributed by atoms with Crippen LogP contribution in [0.15, 0.2) is 91.1 Å². The Kier molecular flexibility index (Phi) is 8.86. The number of pyridine rings is 1. The lowest BCUT2D eigenvalue weighted by molar-refractivity contribution is 0.0792. The minimum atomic E-state index is -0.302. The number of nitrogens with two attached hydrogens (primary N) is 1. The number of carbonyl (C=O) groups excluding carboxylic acids is 2. The first kappa shape index (κ1) is 29.3. The molecule has 2 saturated heterocycles. The number of benzene rings is 3. The van der Waals surface area contributed by atoms with Gasteiger partial charge < -0.3 is 26.4 Å². The summed E-state index contributed by atoms with van der Waals surface area (Å²) >= 11 is 0. The zero-order valence-corrected chi connectivity index (χ0v) is 24.7. The molecule has 1 atom stereocenters. The third-order valence-electron chi connectivity index (χ3n) is 8.45. The number of rotatable bonds is 7. The molecule has 0 spiro atoms. The Morgan fingerprint density at radius 3 is 2.34 bits per heavy atom. The molecule has 1 aromatic heterocycles. The molecule has 3 amide bonds. The molecule has 44 heavy (non-hydrogen) atoms. The fourth-order valence-corrected chi connectivity index (χ4v) is 5.89. The van der Waals surface area contributed by atoms with Gasteiger partial charge in [-0.15, -0.1) is 0 Å². The highest BCUT2D eigenvalue weighted by molar-refractivity contribution is 5.99. The van der Waals surface area contributed by atoms with Gasteiger partial charge in [-0.25, -0.2) is 9.78 Å². The summed E-state index contributed by atoms with van der Waals surface area (Å²) in [5.74, 6) is -0.135. The van der Waals surface area contributed by atoms with Gasteiger partial charge in [-0.1, -0.05) is 66.7 Å². The van der Waals surface area contributed by atoms with Crippen molar-refractivity contribution < 1.29 is 14.7 Å². The number of nitrogens with zero attached hydrogens (tertiary/aromatic N) is 3. The number of aromatic nitrogens is 1. The van der Waals surface area contributed by atoms with Gasteiger partial charge >= 0.3 is 6.03 Å². The summed E-state index contributed by atoms with van der Waals surface area (Å²) in [7, 11) is 0. The summed E-state index contributed by atoms with van der Waals surface area (Å²) in [6.45, 7) is 3.58. The second kappa shape index (κ2) is 13.3. The maximum atomic E-state index is 13.3. The molecule has 0 saturated carbocycles. The SMILES string of the molecule is Nc1ncc(-c2ccc(CN3CCC(O)CC3)cc2)cc1C(=O)N[C@@H]1CCN(C(=O)Nc2cccc(-c3ccccc3)c2)C1. The first-order valence-electron chi connectivity index (χ1n) is 15.2. The van der Waals surface area contributed by atoms with Gasteiger partial charge in [-0.2, -0.15) is 0 Å². The third-order valence-corrected chi connectivity index (χ3v) is 8.45. The number of hydrogen-bond acceptors (Lipinski definition) is 6. The average molecular weight is 591 g/mol. The van der Waals surface area contributed by atoms with Crippen molar-refractivity contribution in [2.45, 2.75) is 38.0 Å². The molecule has 0 radical (unpaired) electrons. The fourth-order valence-electron chi connectivity index (χ4n) is 5.89. The number of nitrogens with one attached hydrogen (secondary N) is 2. The first-order chi connectivity index (χ1) is 21.4. The molecule has 9 heteroatoms. The molecular weight excluding hydrogens is 552 g/mol. The van der Waals surface area contributed by atoms with Crippen molar-refractivity contribution in [1.82, 2.24) is 20.1 Å². The molecule has 9 nitrogen and oxygen atoms in total. The monoisotopic (exact) mass is 590 g/mol. The predicted molar refractivity (Wildman–Crippen MR) is 173 cm³/mol. The summed E-state index contributed by atoms with van der Waals surface area (Å²) in [5, 5.41) is 15.8. The van der Waals surface area contributed by atoms with Crippen LogP contribution in [-0.4, -0.2) is 70.2 Å². The summed E-state index contributed by atoms with van der Waals surface area (Å²) in [6, 6.07) is 27.4. The van der Waals surface area contributed by atoms with Crippen LogP contribution in [0.1, 0.15) is 35.2 Å². The Labute approximate surface area is 257 Å². The van der Waals surface area contributed by atoms with Gasteiger partial charge in [0, 0.05) is 56.2 Å². The lowest BCUT2D eigenvalue weighted by Crippen LogP contribution is -2.40. The van der Waals surface area contributed by atoms with Crippen LogP contribution in [-0.2, 0) is 6.54 Å². The number of aliphatic hydroxyl groups excluding tert-OH is 1. The largest absolute Gasteiger partial charge is 0.393 e. The number of piperidine rings is 1. The van der Waals surface area contributed by atoms with Crippen LogP contribution in [0.4, 0.5) is 16.3 Å². The fraction of sp³-hybridized carbons (Fsp3) is 0.286. The van der Waals surface area contributed by atoms with E-state index in [0.717, 1.165) is 60.4 Å². The van der Waals surface area contributed by atoms with Crippen molar-refractivity contribution in [2.24, 2.45) is 0 Å². The molecule has 2 aliphatic rings. The van der Waals surface area contributed by atoms with E-state index in [0.29, 0.717) is 25.1 Å². The van der Waals surface area contributed by atoms with Crippen LogP contribution in [0.5, 0.6) is 0 Å². The van der Waals surface area contributed by atoms with E-state index in [4.69, 9.17) is 5.73 Å². The van der Waals surface area contributed by atoms with Crippen LogP contribution in [0, 0.1) is 0 Å². The van der Waals surface area contributed by atoms with E-state index in [1.807, 2.05) is 66.7 Å². The van der Waals surface area contributed by atoms with Gasteiger partial charge in [0.15, 0.2) is 0 Å². The van der Waals surface area contributed by atoms with Crippen LogP contribution >= 0.6 is 0 Å². The smallest absolute Gasteiger partial charge is 0.321 e. The Balaban J connectivity index is 1.04. The number of carbonyl (C=O) groups is 2. The van der Waals surface area contributed by atoms with Crippen LogP contribution < -0.4 is 16.4 Å². The lowest BCUT2D eigenvalue weighted by atomic mass is 10.0. The Hall–Kier alpha value is -4.73. The molecule has 5 N–H and O–H groups in total. The lowest BCUT2D eigenvalue weighted by Gasteiger charge is -2.29. The number of anilines is 2. The van der Waals surface area contributed by atoms with Gasteiger partial charge in [-0.3, -0.25) is 9.69 Å². The van der Waals surface area contributed by atoms with E-state index in [-0.39, 0.29) is 29.9 Å². The molecule has 3 aromatic carbocycles. The Morgan fingerprint density at radius 1 is 0.841 bits per heavy atom. The van der Waals surface area contributed by atoms with Gasteiger partial charge in [-0.05, 0) is 59.7 Å². The second-order valence-electron chi connectivity index (χ2n) is 11.6. The van der Waals surface area contributed by atoms with Crippen LogP contribution in [0.3, 0.4) is 0 Å². The van der Waals surface area contributed by atoms with Crippen molar-refractivity contribution in [3.8, 4) is 22.3 Å². The molecule has 0 aliphatic carbocycles. The quantitative estimate of drug-likeness (QED) is 0.241. The van der Waals surface area contributed by atoms with E-state index >= 15 is 0 Å². The van der Waals surface area contributed by atoms with Crippen molar-refractivity contribution in [1.29, 1.82) is 0 Å². The molecular formula is C35H38N6O3. The number of amides is 3. The topological polar surface area (TPSA) is 124 Å². The van der Waals surface area contributed by atoms with E-state index in [2.05, 4.69) is 32.7 Å². The molecule has 226 valence electrons. The maximum absolute atomic E-state index is 13.3.